The number of likely N-dealkylation sites (tertiary alicyclic amines) is 1. The van der Waals surface area contributed by atoms with Crippen LogP contribution in [0.2, 0.25) is 0 Å². The molecule has 1 amide bonds. The van der Waals surface area contributed by atoms with Gasteiger partial charge in [0.25, 0.3) is 15.9 Å². The Hall–Kier alpha value is -2.16. The lowest BCUT2D eigenvalue weighted by Crippen LogP contribution is -2.43. The van der Waals surface area contributed by atoms with E-state index in [0.29, 0.717) is 25.0 Å². The molecule has 0 radical (unpaired) electrons. The van der Waals surface area contributed by atoms with Gasteiger partial charge in [-0.15, -0.1) is 4.40 Å². The summed E-state index contributed by atoms with van der Waals surface area (Å²) in [5, 5.41) is 9.15. The van der Waals surface area contributed by atoms with Crippen LogP contribution in [0.15, 0.2) is 28.3 Å². The molecule has 0 saturated carbocycles. The van der Waals surface area contributed by atoms with Crippen LogP contribution in [-0.4, -0.2) is 65.9 Å². The Labute approximate surface area is 127 Å². The maximum Gasteiger partial charge on any atom is 0.326 e. The molecule has 1 unspecified atom stereocenters. The second kappa shape index (κ2) is 5.24. The Bertz CT molecular complexity index is 722. The number of carbonyl (C=O) groups excluding carboxylic acids is 1. The largest absolute Gasteiger partial charge is 0.480 e. The highest BCUT2D eigenvalue weighted by Crippen LogP contribution is 2.23. The Kier molecular flexibility index (Phi) is 3.51. The molecule has 118 valence electrons. The van der Waals surface area contributed by atoms with E-state index < -0.39 is 22.0 Å². The molecular formula is C13H15N3O5S. The van der Waals surface area contributed by atoms with E-state index in [1.165, 1.54) is 23.3 Å². The second-order valence-corrected chi connectivity index (χ2v) is 7.10. The summed E-state index contributed by atoms with van der Waals surface area (Å²) >= 11 is 0. The molecule has 3 aliphatic heterocycles. The first kappa shape index (κ1) is 14.8. The van der Waals surface area contributed by atoms with Gasteiger partial charge in [0.1, 0.15) is 11.9 Å². The zero-order chi connectivity index (χ0) is 15.9. The van der Waals surface area contributed by atoms with Crippen molar-refractivity contribution in [1.29, 1.82) is 0 Å². The van der Waals surface area contributed by atoms with Crippen molar-refractivity contribution in [2.24, 2.45) is 4.40 Å². The molecule has 0 aromatic heterocycles. The van der Waals surface area contributed by atoms with E-state index in [-0.39, 0.29) is 24.0 Å². The molecule has 1 N–H and O–H groups in total. The smallest absolute Gasteiger partial charge is 0.326 e. The Balaban J connectivity index is 1.83. The molecule has 9 heteroatoms. The van der Waals surface area contributed by atoms with Gasteiger partial charge < -0.3 is 14.9 Å². The number of amidine groups is 1. The van der Waals surface area contributed by atoms with Crippen molar-refractivity contribution in [2.45, 2.75) is 18.9 Å². The number of rotatable bonds is 2. The zero-order valence-corrected chi connectivity index (χ0v) is 12.5. The second-order valence-electron chi connectivity index (χ2n) is 5.34. The van der Waals surface area contributed by atoms with Gasteiger partial charge in [-0.05, 0) is 25.0 Å². The Morgan fingerprint density at radius 3 is 2.77 bits per heavy atom. The fourth-order valence-electron chi connectivity index (χ4n) is 2.76. The van der Waals surface area contributed by atoms with Crippen molar-refractivity contribution >= 4 is 27.7 Å². The molecule has 1 atom stereocenters. The van der Waals surface area contributed by atoms with Crippen LogP contribution in [0.25, 0.3) is 0 Å². The van der Waals surface area contributed by atoms with Crippen molar-refractivity contribution < 1.29 is 23.1 Å². The summed E-state index contributed by atoms with van der Waals surface area (Å²) in [5.41, 5.74) is 0.339. The SMILES string of the molecule is O=C(O)C1CCCN1C(=O)C1=CN2CCS(=O)(=O)N=C2C=C1. The molecular weight excluding hydrogens is 310 g/mol. The van der Waals surface area contributed by atoms with Crippen LogP contribution in [0, 0.1) is 0 Å². The van der Waals surface area contributed by atoms with E-state index in [4.69, 9.17) is 5.11 Å². The summed E-state index contributed by atoms with van der Waals surface area (Å²) in [6.07, 6.45) is 5.60. The van der Waals surface area contributed by atoms with E-state index in [1.54, 1.807) is 4.90 Å². The molecule has 0 bridgehead atoms. The van der Waals surface area contributed by atoms with Gasteiger partial charge in [0.2, 0.25) is 0 Å². The maximum atomic E-state index is 12.5. The minimum absolute atomic E-state index is 0.107. The lowest BCUT2D eigenvalue weighted by atomic mass is 10.1. The highest BCUT2D eigenvalue weighted by atomic mass is 32.2. The summed E-state index contributed by atoms with van der Waals surface area (Å²) in [7, 11) is -3.43. The monoisotopic (exact) mass is 325 g/mol. The summed E-state index contributed by atoms with van der Waals surface area (Å²) in [4.78, 5) is 26.6. The molecule has 3 rings (SSSR count). The van der Waals surface area contributed by atoms with Gasteiger partial charge in [-0.1, -0.05) is 0 Å². The average molecular weight is 325 g/mol. The van der Waals surface area contributed by atoms with E-state index in [2.05, 4.69) is 4.40 Å². The number of carboxylic acids is 1. The van der Waals surface area contributed by atoms with E-state index >= 15 is 0 Å². The zero-order valence-electron chi connectivity index (χ0n) is 11.7. The fourth-order valence-corrected chi connectivity index (χ4v) is 3.73. The number of carbonyl (C=O) groups is 2. The van der Waals surface area contributed by atoms with E-state index in [0.717, 1.165) is 0 Å². The molecule has 0 spiro atoms. The number of carboxylic acid groups (broad SMARTS) is 1. The predicted octanol–water partition coefficient (Wildman–Crippen LogP) is -0.440. The van der Waals surface area contributed by atoms with Crippen molar-refractivity contribution in [2.75, 3.05) is 18.8 Å². The van der Waals surface area contributed by atoms with E-state index in [1.807, 2.05) is 0 Å². The molecule has 22 heavy (non-hydrogen) atoms. The molecule has 1 fully saturated rings. The van der Waals surface area contributed by atoms with Gasteiger partial charge in [0.15, 0.2) is 0 Å². The lowest BCUT2D eigenvalue weighted by molar-refractivity contribution is -0.146. The third-order valence-electron chi connectivity index (χ3n) is 3.87. The summed E-state index contributed by atoms with van der Waals surface area (Å²) < 4.78 is 26.5. The molecule has 1 saturated heterocycles. The van der Waals surface area contributed by atoms with E-state index in [9.17, 15) is 18.0 Å². The predicted molar refractivity (Wildman–Crippen MR) is 77.5 cm³/mol. The van der Waals surface area contributed by atoms with Gasteiger partial charge in [-0.3, -0.25) is 4.79 Å². The Morgan fingerprint density at radius 1 is 1.27 bits per heavy atom. The molecule has 3 heterocycles. The van der Waals surface area contributed by atoms with Gasteiger partial charge in [0.05, 0.1) is 11.3 Å². The fraction of sp³-hybridized carbons (Fsp3) is 0.462. The first-order valence-electron chi connectivity index (χ1n) is 6.90. The van der Waals surface area contributed by atoms with Gasteiger partial charge in [0, 0.05) is 19.3 Å². The quantitative estimate of drug-likeness (QED) is 0.737. The normalized spacial score (nSPS) is 26.3. The number of sulfonamides is 1. The molecule has 8 nitrogen and oxygen atoms in total. The molecule has 0 aromatic rings. The number of fused-ring (bicyclic) bond motifs is 1. The van der Waals surface area contributed by atoms with Crippen molar-refractivity contribution in [3.05, 3.63) is 23.9 Å². The first-order valence-corrected chi connectivity index (χ1v) is 8.51. The maximum absolute atomic E-state index is 12.5. The highest BCUT2D eigenvalue weighted by Gasteiger charge is 2.35. The van der Waals surface area contributed by atoms with Crippen LogP contribution >= 0.6 is 0 Å². The number of hydrogen-bond acceptors (Lipinski definition) is 5. The van der Waals surface area contributed by atoms with Crippen molar-refractivity contribution in [3.8, 4) is 0 Å². The summed E-state index contributed by atoms with van der Waals surface area (Å²) in [6, 6.07) is -0.793. The topological polar surface area (TPSA) is 107 Å². The summed E-state index contributed by atoms with van der Waals surface area (Å²) in [5.74, 6) is -1.19. The molecule has 3 aliphatic rings. The number of amides is 1. The van der Waals surface area contributed by atoms with Crippen LogP contribution in [0.1, 0.15) is 12.8 Å². The summed E-state index contributed by atoms with van der Waals surface area (Å²) in [6.45, 7) is 0.640. The Morgan fingerprint density at radius 2 is 2.05 bits per heavy atom. The molecule has 0 aliphatic carbocycles. The standard InChI is InChI=1S/C13H15N3O5S/c17-12(16-5-1-2-10(16)13(18)19)9-3-4-11-14-22(20,21)7-6-15(11)8-9/h3-4,8,10H,1-2,5-7H2,(H,18,19). The van der Waals surface area contributed by atoms with Gasteiger partial charge >= 0.3 is 5.97 Å². The van der Waals surface area contributed by atoms with Crippen LogP contribution in [0.4, 0.5) is 0 Å². The van der Waals surface area contributed by atoms with Gasteiger partial charge in [-0.25, -0.2) is 13.2 Å². The number of hydrogen-bond donors (Lipinski definition) is 1. The minimum atomic E-state index is -3.43. The highest BCUT2D eigenvalue weighted by molar-refractivity contribution is 7.90. The van der Waals surface area contributed by atoms with Crippen LogP contribution < -0.4 is 0 Å². The first-order chi connectivity index (χ1) is 10.4. The number of aliphatic carboxylic acids is 1. The number of nitrogens with zero attached hydrogens (tertiary/aromatic N) is 3. The average Bonchev–Trinajstić information content (AvgIpc) is 2.94. The van der Waals surface area contributed by atoms with Crippen LogP contribution in [-0.2, 0) is 19.6 Å². The lowest BCUT2D eigenvalue weighted by Gasteiger charge is -2.29. The van der Waals surface area contributed by atoms with Crippen LogP contribution in [0.3, 0.4) is 0 Å². The van der Waals surface area contributed by atoms with Gasteiger partial charge in [-0.2, -0.15) is 0 Å². The third-order valence-corrected chi connectivity index (χ3v) is 5.03. The van der Waals surface area contributed by atoms with Crippen molar-refractivity contribution in [3.63, 3.8) is 0 Å². The third kappa shape index (κ3) is 2.63. The minimum Gasteiger partial charge on any atom is -0.480 e. The van der Waals surface area contributed by atoms with Crippen molar-refractivity contribution in [1.82, 2.24) is 9.80 Å². The molecule has 0 aromatic carbocycles. The van der Waals surface area contributed by atoms with Crippen LogP contribution in [0.5, 0.6) is 0 Å².